The Balaban J connectivity index is 2.07. The van der Waals surface area contributed by atoms with Gasteiger partial charge in [0, 0.05) is 5.56 Å². The average Bonchev–Trinajstić information content (AvgIpc) is 2.85. The Labute approximate surface area is 109 Å². The first-order valence-electron chi connectivity index (χ1n) is 5.09. The van der Waals surface area contributed by atoms with E-state index in [1.54, 1.807) is 0 Å². The lowest BCUT2D eigenvalue weighted by Gasteiger charge is -2.16. The third-order valence-corrected chi connectivity index (χ3v) is 4.12. The van der Waals surface area contributed by atoms with Crippen molar-refractivity contribution in [2.24, 2.45) is 0 Å². The maximum Gasteiger partial charge on any atom is 0.213 e. The van der Waals surface area contributed by atoms with E-state index in [9.17, 15) is 0 Å². The van der Waals surface area contributed by atoms with Gasteiger partial charge in [-0.3, -0.25) is 0 Å². The highest BCUT2D eigenvalue weighted by molar-refractivity contribution is 9.11. The molecule has 1 aromatic carbocycles. The van der Waals surface area contributed by atoms with Gasteiger partial charge in [0.05, 0.1) is 0 Å². The molecule has 0 radical (unpaired) electrons. The lowest BCUT2D eigenvalue weighted by molar-refractivity contribution is 0.294. The summed E-state index contributed by atoms with van der Waals surface area (Å²) < 4.78 is 8.40. The summed E-state index contributed by atoms with van der Waals surface area (Å²) in [7, 11) is 0. The molecule has 6 heteroatoms. The first kappa shape index (κ1) is 9.61. The molecule has 17 heavy (non-hydrogen) atoms. The van der Waals surface area contributed by atoms with E-state index in [2.05, 4.69) is 26.0 Å². The van der Waals surface area contributed by atoms with Crippen molar-refractivity contribution in [2.75, 3.05) is 0 Å². The van der Waals surface area contributed by atoms with E-state index in [0.29, 0.717) is 6.61 Å². The first-order chi connectivity index (χ1) is 8.33. The molecule has 0 spiro atoms. The number of ether oxygens (including phenoxy) is 1. The molecule has 0 unspecified atom stereocenters. The quantitative estimate of drug-likeness (QED) is 0.640. The molecule has 0 bridgehead atoms. The molecule has 84 valence electrons. The molecule has 0 aliphatic carbocycles. The van der Waals surface area contributed by atoms with Crippen LogP contribution in [0.4, 0.5) is 0 Å². The second kappa shape index (κ2) is 3.30. The van der Waals surface area contributed by atoms with Crippen molar-refractivity contribution in [3.05, 3.63) is 33.9 Å². The summed E-state index contributed by atoms with van der Waals surface area (Å²) in [4.78, 5) is 5.52. The van der Waals surface area contributed by atoms with Crippen LogP contribution in [0.25, 0.3) is 16.2 Å². The number of fused-ring (bicyclic) bond motifs is 5. The fourth-order valence-corrected chi connectivity index (χ4v) is 3.29. The highest BCUT2D eigenvalue weighted by Gasteiger charge is 2.24. The van der Waals surface area contributed by atoms with E-state index in [1.165, 1.54) is 11.3 Å². The number of benzene rings is 1. The molecule has 0 N–H and O–H groups in total. The lowest BCUT2D eigenvalue weighted by atomic mass is 10.1. The Hall–Kier alpha value is -1.40. The van der Waals surface area contributed by atoms with E-state index < -0.39 is 0 Å². The second-order valence-corrected chi connectivity index (χ2v) is 5.97. The molecule has 0 fully saturated rings. The molecule has 0 atom stereocenters. The predicted octanol–water partition coefficient (Wildman–Crippen LogP) is 3.11. The summed E-state index contributed by atoms with van der Waals surface area (Å²) in [5, 5.41) is 4.37. The second-order valence-electron chi connectivity index (χ2n) is 3.74. The minimum Gasteiger partial charge on any atom is -0.486 e. The third kappa shape index (κ3) is 1.28. The maximum atomic E-state index is 5.71. The predicted molar refractivity (Wildman–Crippen MR) is 68.3 cm³/mol. The Kier molecular flexibility index (Phi) is 1.87. The number of hydrogen-bond donors (Lipinski definition) is 0. The zero-order valence-corrected chi connectivity index (χ0v) is 11.0. The molecular formula is C11H6BrN3OS. The highest BCUT2D eigenvalue weighted by Crippen LogP contribution is 2.38. The Morgan fingerprint density at radius 1 is 1.35 bits per heavy atom. The van der Waals surface area contributed by atoms with Crippen LogP contribution in [0.15, 0.2) is 28.2 Å². The zero-order chi connectivity index (χ0) is 11.4. The van der Waals surface area contributed by atoms with Crippen LogP contribution in [0.3, 0.4) is 0 Å². The van der Waals surface area contributed by atoms with E-state index >= 15 is 0 Å². The van der Waals surface area contributed by atoms with Crippen LogP contribution in [0.5, 0.6) is 5.75 Å². The van der Waals surface area contributed by atoms with Gasteiger partial charge in [0.1, 0.15) is 23.7 Å². The van der Waals surface area contributed by atoms with E-state index in [0.717, 1.165) is 31.6 Å². The fraction of sp³-hybridized carbons (Fsp3) is 0.0909. The number of imidazole rings is 1. The molecule has 0 amide bonds. The summed E-state index contributed by atoms with van der Waals surface area (Å²) in [6.45, 7) is 0.518. The van der Waals surface area contributed by atoms with Gasteiger partial charge in [-0.1, -0.05) is 23.5 Å². The number of para-hydroxylation sites is 1. The molecule has 4 rings (SSSR count). The lowest BCUT2D eigenvalue weighted by Crippen LogP contribution is -2.07. The van der Waals surface area contributed by atoms with Crippen LogP contribution in [0, 0.1) is 0 Å². The molecule has 3 heterocycles. The van der Waals surface area contributed by atoms with Gasteiger partial charge in [0.2, 0.25) is 4.96 Å². The number of rotatable bonds is 0. The van der Waals surface area contributed by atoms with Gasteiger partial charge in [0.25, 0.3) is 0 Å². The third-order valence-electron chi connectivity index (χ3n) is 2.78. The molecule has 1 aliphatic rings. The highest BCUT2D eigenvalue weighted by atomic mass is 79.9. The van der Waals surface area contributed by atoms with Gasteiger partial charge >= 0.3 is 0 Å². The van der Waals surface area contributed by atoms with Crippen LogP contribution in [0.2, 0.25) is 0 Å². The first-order valence-corrected chi connectivity index (χ1v) is 6.70. The average molecular weight is 308 g/mol. The van der Waals surface area contributed by atoms with Crippen molar-refractivity contribution in [3.8, 4) is 17.0 Å². The largest absolute Gasteiger partial charge is 0.486 e. The smallest absolute Gasteiger partial charge is 0.213 e. The standard InChI is InChI=1S/C11H6BrN3OS/c12-10-14-15-7-5-16-8-4-2-1-3-6(8)9(7)13-11(15)17-10/h1-4H,5H2. The van der Waals surface area contributed by atoms with Gasteiger partial charge < -0.3 is 4.74 Å². The Bertz CT molecular complexity index is 733. The van der Waals surface area contributed by atoms with Crippen molar-refractivity contribution in [2.45, 2.75) is 6.61 Å². The van der Waals surface area contributed by atoms with Crippen LogP contribution in [-0.2, 0) is 6.61 Å². The Morgan fingerprint density at radius 3 is 3.18 bits per heavy atom. The topological polar surface area (TPSA) is 39.4 Å². The fourth-order valence-electron chi connectivity index (χ4n) is 2.05. The van der Waals surface area contributed by atoms with Gasteiger partial charge in [-0.15, -0.1) is 5.10 Å². The summed E-state index contributed by atoms with van der Waals surface area (Å²) in [5.74, 6) is 0.893. The van der Waals surface area contributed by atoms with Gasteiger partial charge in [-0.2, -0.15) is 0 Å². The molecular weight excluding hydrogens is 302 g/mol. The minimum absolute atomic E-state index is 0.518. The Morgan fingerprint density at radius 2 is 2.24 bits per heavy atom. The van der Waals surface area contributed by atoms with Crippen molar-refractivity contribution < 1.29 is 4.74 Å². The van der Waals surface area contributed by atoms with Gasteiger partial charge in [0.15, 0.2) is 3.92 Å². The van der Waals surface area contributed by atoms with Gasteiger partial charge in [-0.05, 0) is 28.1 Å². The molecule has 3 aromatic rings. The zero-order valence-electron chi connectivity index (χ0n) is 8.55. The van der Waals surface area contributed by atoms with Gasteiger partial charge in [-0.25, -0.2) is 9.50 Å². The molecule has 0 saturated heterocycles. The van der Waals surface area contributed by atoms with Crippen molar-refractivity contribution in [1.82, 2.24) is 14.6 Å². The van der Waals surface area contributed by atoms with E-state index in [4.69, 9.17) is 4.74 Å². The van der Waals surface area contributed by atoms with Crippen molar-refractivity contribution in [3.63, 3.8) is 0 Å². The number of nitrogens with zero attached hydrogens (tertiary/aromatic N) is 3. The van der Waals surface area contributed by atoms with E-state index in [-0.39, 0.29) is 0 Å². The SMILES string of the molecule is Brc1nn2c3c(nc2s1)-c1ccccc1OC3. The monoisotopic (exact) mass is 307 g/mol. The number of aromatic nitrogens is 3. The summed E-state index contributed by atoms with van der Waals surface area (Å²) in [6.07, 6.45) is 0. The van der Waals surface area contributed by atoms with Crippen LogP contribution < -0.4 is 4.74 Å². The normalized spacial score (nSPS) is 13.2. The van der Waals surface area contributed by atoms with Crippen LogP contribution in [0.1, 0.15) is 5.69 Å². The molecule has 0 saturated carbocycles. The van der Waals surface area contributed by atoms with Crippen molar-refractivity contribution in [1.29, 1.82) is 0 Å². The number of halogens is 1. The number of hydrogen-bond acceptors (Lipinski definition) is 4. The molecule has 1 aliphatic heterocycles. The van der Waals surface area contributed by atoms with Crippen LogP contribution in [-0.4, -0.2) is 14.6 Å². The summed E-state index contributed by atoms with van der Waals surface area (Å²) in [6, 6.07) is 7.96. The maximum absolute atomic E-state index is 5.71. The minimum atomic E-state index is 0.518. The summed E-state index contributed by atoms with van der Waals surface area (Å²) >= 11 is 4.89. The molecule has 2 aromatic heterocycles. The summed E-state index contributed by atoms with van der Waals surface area (Å²) in [5.41, 5.74) is 3.04. The van der Waals surface area contributed by atoms with E-state index in [1.807, 2.05) is 28.8 Å². The van der Waals surface area contributed by atoms with Crippen LogP contribution >= 0.6 is 27.3 Å². The molecule has 4 nitrogen and oxygen atoms in total. The van der Waals surface area contributed by atoms with Crippen molar-refractivity contribution >= 4 is 32.2 Å².